The number of carbonyl (C=O) groups excluding carboxylic acids is 3. The molecule has 4 N–H and O–H groups in total. The molecule has 3 amide bonds. The fourth-order valence-electron chi connectivity index (χ4n) is 4.45. The summed E-state index contributed by atoms with van der Waals surface area (Å²) >= 11 is 0. The molecule has 0 bridgehead atoms. The van der Waals surface area contributed by atoms with Crippen LogP contribution in [0, 0.1) is 0 Å². The quantitative estimate of drug-likeness (QED) is 0.203. The summed E-state index contributed by atoms with van der Waals surface area (Å²) in [6.45, 7) is 0.292. The fourth-order valence-corrected chi connectivity index (χ4v) is 4.45. The Morgan fingerprint density at radius 2 is 1.53 bits per heavy atom. The van der Waals surface area contributed by atoms with Crippen molar-refractivity contribution in [1.29, 1.82) is 0 Å². The van der Waals surface area contributed by atoms with Crippen LogP contribution in [0.25, 0.3) is 0 Å². The minimum absolute atomic E-state index is 0.146. The lowest BCUT2D eigenvalue weighted by molar-refractivity contribution is -0.145. The summed E-state index contributed by atoms with van der Waals surface area (Å²) in [5, 5.41) is 20.9. The van der Waals surface area contributed by atoms with Gasteiger partial charge in [0.1, 0.15) is 12.1 Å². The average molecular weight is 496 g/mol. The topological polar surface area (TPSA) is 136 Å². The molecule has 192 valence electrons. The van der Waals surface area contributed by atoms with Gasteiger partial charge in [0.25, 0.3) is 0 Å². The third kappa shape index (κ3) is 7.64. The van der Waals surface area contributed by atoms with Crippen molar-refractivity contribution in [3.05, 3.63) is 71.3 Å². The van der Waals surface area contributed by atoms with Gasteiger partial charge in [-0.3, -0.25) is 19.6 Å². The van der Waals surface area contributed by atoms with Crippen molar-refractivity contribution < 1.29 is 29.5 Å². The van der Waals surface area contributed by atoms with Crippen molar-refractivity contribution in [3.8, 4) is 0 Å². The molecule has 0 radical (unpaired) electrons. The maximum absolute atomic E-state index is 13.3. The second kappa shape index (κ2) is 13.4. The van der Waals surface area contributed by atoms with E-state index in [1.165, 1.54) is 0 Å². The van der Waals surface area contributed by atoms with E-state index in [9.17, 15) is 24.3 Å². The van der Waals surface area contributed by atoms with Crippen molar-refractivity contribution in [1.82, 2.24) is 15.7 Å². The number of benzene rings is 2. The van der Waals surface area contributed by atoms with Gasteiger partial charge in [-0.2, -0.15) is 0 Å². The van der Waals surface area contributed by atoms with Gasteiger partial charge in [0.15, 0.2) is 0 Å². The Morgan fingerprint density at radius 3 is 2.19 bits per heavy atom. The SMILES string of the molecule is O=C(CCCCCCC(=O)N1Cc2ccccc2C[C@H]1C(=O)N[C@@H](Cc1ccccc1)C(=O)O)NO. The maximum Gasteiger partial charge on any atom is 0.326 e. The number of carboxylic acid groups (broad SMARTS) is 1. The summed E-state index contributed by atoms with van der Waals surface area (Å²) in [7, 11) is 0. The van der Waals surface area contributed by atoms with Crippen molar-refractivity contribution in [2.75, 3.05) is 0 Å². The van der Waals surface area contributed by atoms with Crippen LogP contribution in [0.2, 0.25) is 0 Å². The zero-order chi connectivity index (χ0) is 25.9. The number of carboxylic acids is 1. The van der Waals surface area contributed by atoms with E-state index in [0.29, 0.717) is 25.8 Å². The number of hydrogen-bond donors (Lipinski definition) is 4. The number of hydroxylamine groups is 1. The Bertz CT molecular complexity index is 1060. The van der Waals surface area contributed by atoms with Crippen LogP contribution in [-0.4, -0.2) is 51.0 Å². The third-order valence-electron chi connectivity index (χ3n) is 6.44. The first kappa shape index (κ1) is 26.9. The van der Waals surface area contributed by atoms with Gasteiger partial charge in [-0.05, 0) is 29.5 Å². The first-order valence-electron chi connectivity index (χ1n) is 12.3. The molecular formula is C27H33N3O6. The highest BCUT2D eigenvalue weighted by atomic mass is 16.5. The van der Waals surface area contributed by atoms with Gasteiger partial charge < -0.3 is 15.3 Å². The number of rotatable bonds is 12. The van der Waals surface area contributed by atoms with Gasteiger partial charge in [0.2, 0.25) is 17.7 Å². The van der Waals surface area contributed by atoms with E-state index in [0.717, 1.165) is 29.5 Å². The number of amides is 3. The Labute approximate surface area is 210 Å². The van der Waals surface area contributed by atoms with Crippen LogP contribution in [0.1, 0.15) is 55.2 Å². The first-order valence-corrected chi connectivity index (χ1v) is 12.3. The molecule has 1 aliphatic rings. The van der Waals surface area contributed by atoms with Crippen molar-refractivity contribution in [2.24, 2.45) is 0 Å². The average Bonchev–Trinajstić information content (AvgIpc) is 2.89. The maximum atomic E-state index is 13.3. The van der Waals surface area contributed by atoms with Gasteiger partial charge in [0.05, 0.1) is 0 Å². The number of hydrogen-bond acceptors (Lipinski definition) is 5. The first-order chi connectivity index (χ1) is 17.4. The van der Waals surface area contributed by atoms with Crippen LogP contribution in [0.15, 0.2) is 54.6 Å². The van der Waals surface area contributed by atoms with E-state index < -0.39 is 29.9 Å². The monoisotopic (exact) mass is 495 g/mol. The highest BCUT2D eigenvalue weighted by molar-refractivity contribution is 5.91. The summed E-state index contributed by atoms with van der Waals surface area (Å²) in [6.07, 6.45) is 3.65. The molecule has 2 aromatic carbocycles. The smallest absolute Gasteiger partial charge is 0.326 e. The summed E-state index contributed by atoms with van der Waals surface area (Å²) in [5.41, 5.74) is 4.34. The number of nitrogens with zero attached hydrogens (tertiary/aromatic N) is 1. The van der Waals surface area contributed by atoms with Crippen LogP contribution in [0.3, 0.4) is 0 Å². The van der Waals surface area contributed by atoms with Gasteiger partial charge in [0, 0.05) is 32.2 Å². The molecule has 2 aromatic rings. The Kier molecular flexibility index (Phi) is 10.00. The standard InChI is InChI=1S/C27H33N3O6/c31-24(29-36)14-6-1-2-7-15-25(32)30-18-21-13-9-8-12-20(21)17-23(30)26(33)28-22(27(34)35)16-19-10-4-3-5-11-19/h3-5,8-13,22-23,36H,1-2,6-7,14-18H2,(H,28,33)(H,29,31)(H,34,35)/t22-,23-/m0/s1. The normalized spacial score (nSPS) is 15.5. The summed E-state index contributed by atoms with van der Waals surface area (Å²) in [5.74, 6) is -2.20. The molecule has 0 fully saturated rings. The molecule has 0 unspecified atom stereocenters. The van der Waals surface area contributed by atoms with Gasteiger partial charge in [-0.15, -0.1) is 0 Å². The Hall–Kier alpha value is -3.72. The van der Waals surface area contributed by atoms with E-state index >= 15 is 0 Å². The lowest BCUT2D eigenvalue weighted by Gasteiger charge is -2.36. The minimum atomic E-state index is -1.13. The minimum Gasteiger partial charge on any atom is -0.480 e. The second-order valence-corrected chi connectivity index (χ2v) is 9.05. The zero-order valence-corrected chi connectivity index (χ0v) is 20.2. The van der Waals surface area contributed by atoms with Crippen LogP contribution < -0.4 is 10.8 Å². The van der Waals surface area contributed by atoms with Gasteiger partial charge in [-0.25, -0.2) is 10.3 Å². The second-order valence-electron chi connectivity index (χ2n) is 9.05. The largest absolute Gasteiger partial charge is 0.480 e. The molecule has 0 spiro atoms. The predicted molar refractivity (Wildman–Crippen MR) is 132 cm³/mol. The number of aliphatic carboxylic acids is 1. The molecule has 9 nitrogen and oxygen atoms in total. The molecule has 3 rings (SSSR count). The fraction of sp³-hybridized carbons (Fsp3) is 0.407. The summed E-state index contributed by atoms with van der Waals surface area (Å²) in [4.78, 5) is 51.0. The van der Waals surface area contributed by atoms with E-state index in [2.05, 4.69) is 5.32 Å². The molecule has 9 heteroatoms. The third-order valence-corrected chi connectivity index (χ3v) is 6.44. The zero-order valence-electron chi connectivity index (χ0n) is 20.2. The lowest BCUT2D eigenvalue weighted by atomic mass is 9.92. The number of nitrogens with one attached hydrogen (secondary N) is 2. The van der Waals surface area contributed by atoms with E-state index in [4.69, 9.17) is 5.21 Å². The number of fused-ring (bicyclic) bond motifs is 1. The number of carbonyl (C=O) groups is 4. The molecule has 1 aliphatic heterocycles. The predicted octanol–water partition coefficient (Wildman–Crippen LogP) is 2.60. The molecule has 2 atom stereocenters. The Morgan fingerprint density at radius 1 is 0.889 bits per heavy atom. The van der Waals surface area contributed by atoms with Gasteiger partial charge >= 0.3 is 5.97 Å². The van der Waals surface area contributed by atoms with Crippen LogP contribution in [0.5, 0.6) is 0 Å². The molecule has 0 saturated carbocycles. The molecular weight excluding hydrogens is 462 g/mol. The highest BCUT2D eigenvalue weighted by Crippen LogP contribution is 2.25. The van der Waals surface area contributed by atoms with Gasteiger partial charge in [-0.1, -0.05) is 67.4 Å². The number of unbranched alkanes of at least 4 members (excludes halogenated alkanes) is 3. The molecule has 1 heterocycles. The van der Waals surface area contributed by atoms with Crippen molar-refractivity contribution in [2.45, 2.75) is 70.0 Å². The molecule has 0 aliphatic carbocycles. The lowest BCUT2D eigenvalue weighted by Crippen LogP contribution is -2.55. The van der Waals surface area contributed by atoms with E-state index in [1.807, 2.05) is 54.6 Å². The Balaban J connectivity index is 1.65. The molecule has 0 aromatic heterocycles. The summed E-state index contributed by atoms with van der Waals surface area (Å²) < 4.78 is 0. The van der Waals surface area contributed by atoms with Crippen LogP contribution >= 0.6 is 0 Å². The van der Waals surface area contributed by atoms with Crippen molar-refractivity contribution in [3.63, 3.8) is 0 Å². The molecule has 36 heavy (non-hydrogen) atoms. The van der Waals surface area contributed by atoms with Crippen LogP contribution in [-0.2, 0) is 38.6 Å². The van der Waals surface area contributed by atoms with E-state index in [-0.39, 0.29) is 25.2 Å². The van der Waals surface area contributed by atoms with Crippen molar-refractivity contribution >= 4 is 23.7 Å². The molecule has 0 saturated heterocycles. The van der Waals surface area contributed by atoms with E-state index in [1.54, 1.807) is 10.4 Å². The highest BCUT2D eigenvalue weighted by Gasteiger charge is 2.36. The van der Waals surface area contributed by atoms with Crippen LogP contribution in [0.4, 0.5) is 0 Å². The summed E-state index contributed by atoms with van der Waals surface area (Å²) in [6, 6.07) is 14.8.